The van der Waals surface area contributed by atoms with Gasteiger partial charge in [0.15, 0.2) is 0 Å². The van der Waals surface area contributed by atoms with Crippen LogP contribution < -0.4 is 11.2 Å². The van der Waals surface area contributed by atoms with Crippen molar-refractivity contribution in [2.45, 2.75) is 12.1 Å². The van der Waals surface area contributed by atoms with Crippen molar-refractivity contribution in [2.75, 3.05) is 7.05 Å². The molecule has 0 bridgehead atoms. The number of allylic oxidation sites excluding steroid dienone is 1. The quantitative estimate of drug-likeness (QED) is 0.810. The van der Waals surface area contributed by atoms with Crippen molar-refractivity contribution in [1.82, 2.24) is 9.55 Å². The van der Waals surface area contributed by atoms with Crippen LogP contribution in [0.25, 0.3) is 6.20 Å². The highest BCUT2D eigenvalue weighted by Gasteiger charge is 2.55. The van der Waals surface area contributed by atoms with Crippen LogP contribution in [0.15, 0.2) is 28.1 Å². The lowest BCUT2D eigenvalue weighted by atomic mass is 10.3. The van der Waals surface area contributed by atoms with E-state index in [0.29, 0.717) is 10.8 Å². The van der Waals surface area contributed by atoms with Crippen LogP contribution in [-0.4, -0.2) is 28.7 Å². The molecule has 0 aliphatic rings. The third-order valence-electron chi connectivity index (χ3n) is 1.94. The van der Waals surface area contributed by atoms with E-state index < -0.39 is 23.9 Å². The van der Waals surface area contributed by atoms with E-state index >= 15 is 0 Å². The van der Waals surface area contributed by atoms with Crippen LogP contribution in [0.2, 0.25) is 0 Å². The number of aromatic amines is 1. The first-order chi connectivity index (χ1) is 8.19. The van der Waals surface area contributed by atoms with Crippen molar-refractivity contribution in [3.05, 3.63) is 34.3 Å². The number of nitrogens with one attached hydrogen (secondary N) is 1. The van der Waals surface area contributed by atoms with Gasteiger partial charge in [0, 0.05) is 25.5 Å². The van der Waals surface area contributed by atoms with Crippen molar-refractivity contribution in [3.8, 4) is 0 Å². The van der Waals surface area contributed by atoms with Crippen molar-refractivity contribution >= 4 is 6.20 Å². The Bertz CT molecular complexity index is 567. The van der Waals surface area contributed by atoms with Crippen molar-refractivity contribution in [3.63, 3.8) is 0 Å². The lowest BCUT2D eigenvalue weighted by molar-refractivity contribution is -0.259. The van der Waals surface area contributed by atoms with Gasteiger partial charge >= 0.3 is 17.8 Å². The number of halogens is 5. The molecule has 18 heavy (non-hydrogen) atoms. The Morgan fingerprint density at radius 3 is 2.44 bits per heavy atom. The molecule has 1 aromatic heterocycles. The van der Waals surface area contributed by atoms with Crippen LogP contribution in [0.1, 0.15) is 0 Å². The third kappa shape index (κ3) is 2.84. The molecule has 0 spiro atoms. The fraction of sp³-hybridized carbons (Fsp3) is 0.333. The summed E-state index contributed by atoms with van der Waals surface area (Å²) in [4.78, 5) is 16.9. The van der Waals surface area contributed by atoms with Gasteiger partial charge in [-0.2, -0.15) is 22.0 Å². The Hall–Kier alpha value is -1.93. The molecule has 0 aliphatic carbocycles. The molecule has 0 radical (unpaired) electrons. The summed E-state index contributed by atoms with van der Waals surface area (Å²) >= 11 is 0. The van der Waals surface area contributed by atoms with Gasteiger partial charge in [-0.3, -0.25) is 9.56 Å². The number of alkyl halides is 5. The second kappa shape index (κ2) is 4.75. The standard InChI is InChI=1S/C9H8F5N3O/c1-15-6-2-4-16-7(18)17(6)5-3-8(10,11)9(12,13)14/h2-5H,1H3,(H,16,18)/b5-3+,15-6-. The molecule has 0 unspecified atom stereocenters. The zero-order chi connectivity index (χ0) is 14.0. The Morgan fingerprint density at radius 2 is 1.94 bits per heavy atom. The maximum atomic E-state index is 12.6. The summed E-state index contributed by atoms with van der Waals surface area (Å²) in [5.41, 5.74) is -0.944. The minimum absolute atomic E-state index is 0.0621. The van der Waals surface area contributed by atoms with E-state index in [9.17, 15) is 26.7 Å². The second-order valence-corrected chi connectivity index (χ2v) is 3.17. The summed E-state index contributed by atoms with van der Waals surface area (Å²) in [5, 5.41) is 0. The van der Waals surface area contributed by atoms with E-state index in [1.807, 2.05) is 0 Å². The second-order valence-electron chi connectivity index (χ2n) is 3.17. The monoisotopic (exact) mass is 269 g/mol. The van der Waals surface area contributed by atoms with Crippen molar-refractivity contribution < 1.29 is 22.0 Å². The van der Waals surface area contributed by atoms with Crippen LogP contribution in [0, 0.1) is 0 Å². The number of aromatic nitrogens is 2. The van der Waals surface area contributed by atoms with Gasteiger partial charge in [0.1, 0.15) is 5.49 Å². The normalized spacial score (nSPS) is 14.4. The predicted octanol–water partition coefficient (Wildman–Crippen LogP) is 1.38. The largest absolute Gasteiger partial charge is 0.457 e. The molecule has 100 valence electrons. The number of nitrogens with zero attached hydrogens (tertiary/aromatic N) is 2. The van der Waals surface area contributed by atoms with Crippen molar-refractivity contribution in [2.24, 2.45) is 4.99 Å². The third-order valence-corrected chi connectivity index (χ3v) is 1.94. The van der Waals surface area contributed by atoms with E-state index in [2.05, 4.69) is 9.98 Å². The van der Waals surface area contributed by atoms with Crippen molar-refractivity contribution in [1.29, 1.82) is 0 Å². The van der Waals surface area contributed by atoms with E-state index in [1.54, 1.807) is 0 Å². The molecule has 0 aromatic carbocycles. The number of hydrogen-bond donors (Lipinski definition) is 1. The molecule has 4 nitrogen and oxygen atoms in total. The van der Waals surface area contributed by atoms with Gasteiger partial charge in [0.05, 0.1) is 0 Å². The molecule has 0 aliphatic heterocycles. The van der Waals surface area contributed by atoms with Crippen LogP contribution in [0.5, 0.6) is 0 Å². The first-order valence-electron chi connectivity index (χ1n) is 4.56. The highest BCUT2D eigenvalue weighted by molar-refractivity contribution is 5.25. The number of H-pyrrole nitrogens is 1. The van der Waals surface area contributed by atoms with E-state index in [4.69, 9.17) is 0 Å². The number of rotatable bonds is 2. The van der Waals surface area contributed by atoms with Crippen LogP contribution in [0.4, 0.5) is 22.0 Å². The molecular weight excluding hydrogens is 261 g/mol. The molecule has 1 N–H and O–H groups in total. The summed E-state index contributed by atoms with van der Waals surface area (Å²) < 4.78 is 61.5. The van der Waals surface area contributed by atoms with Gasteiger partial charge in [0.25, 0.3) is 0 Å². The van der Waals surface area contributed by atoms with E-state index in [0.717, 1.165) is 0 Å². The van der Waals surface area contributed by atoms with Crippen LogP contribution in [0.3, 0.4) is 0 Å². The lowest BCUT2D eigenvalue weighted by Crippen LogP contribution is -2.36. The Kier molecular flexibility index (Phi) is 3.73. The zero-order valence-corrected chi connectivity index (χ0v) is 9.00. The molecule has 0 saturated heterocycles. The SMILES string of the molecule is C/N=c1/cc[nH]c(=O)n1/C=C/C(F)(F)C(F)(F)F. The van der Waals surface area contributed by atoms with Crippen LogP contribution in [-0.2, 0) is 0 Å². The summed E-state index contributed by atoms with van der Waals surface area (Å²) in [6.07, 6.45) is -4.60. The zero-order valence-electron chi connectivity index (χ0n) is 9.00. The lowest BCUT2D eigenvalue weighted by Gasteiger charge is -2.15. The average molecular weight is 269 g/mol. The first-order valence-corrected chi connectivity index (χ1v) is 4.56. The average Bonchev–Trinajstić information content (AvgIpc) is 2.25. The molecule has 0 atom stereocenters. The maximum absolute atomic E-state index is 12.6. The van der Waals surface area contributed by atoms with Gasteiger partial charge in [-0.05, 0) is 6.07 Å². The summed E-state index contributed by atoms with van der Waals surface area (Å²) in [6, 6.07) is 1.25. The minimum Gasteiger partial charge on any atom is -0.314 e. The van der Waals surface area contributed by atoms with Gasteiger partial charge in [0.2, 0.25) is 0 Å². The van der Waals surface area contributed by atoms with Gasteiger partial charge in [-0.25, -0.2) is 4.79 Å². The minimum atomic E-state index is -5.71. The fourth-order valence-electron chi connectivity index (χ4n) is 1.03. The molecular formula is C9H8F5N3O. The maximum Gasteiger partial charge on any atom is 0.457 e. The number of hydrogen-bond acceptors (Lipinski definition) is 2. The highest BCUT2D eigenvalue weighted by Crippen LogP contribution is 2.36. The molecule has 1 rings (SSSR count). The summed E-state index contributed by atoms with van der Waals surface area (Å²) in [7, 11) is 1.26. The fourth-order valence-corrected chi connectivity index (χ4v) is 1.03. The van der Waals surface area contributed by atoms with Gasteiger partial charge < -0.3 is 4.98 Å². The first kappa shape index (κ1) is 14.1. The highest BCUT2D eigenvalue weighted by atomic mass is 19.4. The van der Waals surface area contributed by atoms with Gasteiger partial charge in [-0.1, -0.05) is 0 Å². The molecule has 1 heterocycles. The molecule has 0 saturated carbocycles. The topological polar surface area (TPSA) is 50.1 Å². The van der Waals surface area contributed by atoms with Crippen LogP contribution >= 0.6 is 0 Å². The molecule has 0 amide bonds. The Morgan fingerprint density at radius 1 is 1.33 bits per heavy atom. The summed E-state index contributed by atoms with van der Waals surface area (Å²) in [6.45, 7) is 0. The van der Waals surface area contributed by atoms with E-state index in [-0.39, 0.29) is 5.49 Å². The Labute approximate surface area is 97.1 Å². The molecule has 1 aromatic rings. The summed E-state index contributed by atoms with van der Waals surface area (Å²) in [5.74, 6) is -5.02. The van der Waals surface area contributed by atoms with Gasteiger partial charge in [-0.15, -0.1) is 0 Å². The van der Waals surface area contributed by atoms with E-state index in [1.165, 1.54) is 19.3 Å². The smallest absolute Gasteiger partial charge is 0.314 e. The predicted molar refractivity (Wildman–Crippen MR) is 52.9 cm³/mol. The Balaban J connectivity index is 3.26. The molecule has 0 fully saturated rings. The molecule has 9 heteroatoms.